The van der Waals surface area contributed by atoms with Crippen molar-refractivity contribution >= 4 is 31.9 Å². The van der Waals surface area contributed by atoms with Crippen LogP contribution in [0.15, 0.2) is 0 Å². The summed E-state index contributed by atoms with van der Waals surface area (Å²) in [4.78, 5) is 1.15. The van der Waals surface area contributed by atoms with Crippen LogP contribution in [0.2, 0.25) is 0 Å². The Morgan fingerprint density at radius 2 is 1.36 bits per heavy atom. The van der Waals surface area contributed by atoms with E-state index in [0.29, 0.717) is 9.65 Å². The van der Waals surface area contributed by atoms with Crippen LogP contribution in [-0.2, 0) is 4.74 Å². The molecule has 0 N–H and O–H groups in total. The summed E-state index contributed by atoms with van der Waals surface area (Å²) < 4.78 is 5.40. The van der Waals surface area contributed by atoms with Crippen LogP contribution in [0.25, 0.3) is 0 Å². The van der Waals surface area contributed by atoms with Gasteiger partial charge >= 0.3 is 0 Å². The molecule has 1 nitrogen and oxygen atoms in total. The fourth-order valence-corrected chi connectivity index (χ4v) is 0.967. The molecule has 0 heterocycles. The summed E-state index contributed by atoms with van der Waals surface area (Å²) in [6, 6.07) is 0. The fourth-order valence-electron chi connectivity index (χ4n) is 0.594. The number of hydrogen-bond donors (Lipinski definition) is 0. The first-order valence-electron chi connectivity index (χ1n) is 3.98. The maximum atomic E-state index is 5.40. The first-order valence-corrected chi connectivity index (χ1v) is 5.82. The van der Waals surface area contributed by atoms with E-state index in [0.717, 1.165) is 26.1 Å². The van der Waals surface area contributed by atoms with E-state index in [1.807, 2.05) is 0 Å². The van der Waals surface area contributed by atoms with Crippen LogP contribution in [-0.4, -0.2) is 22.9 Å². The minimum Gasteiger partial charge on any atom is -0.381 e. The second kappa shape index (κ2) is 7.56. The van der Waals surface area contributed by atoms with Gasteiger partial charge in [-0.15, -0.1) is 0 Å². The van der Waals surface area contributed by atoms with Crippen molar-refractivity contribution in [1.82, 2.24) is 0 Å². The van der Waals surface area contributed by atoms with E-state index >= 15 is 0 Å². The zero-order chi connectivity index (χ0) is 8.69. The summed E-state index contributed by atoms with van der Waals surface area (Å²) in [5, 5.41) is 0. The average molecular weight is 288 g/mol. The molecule has 0 saturated heterocycles. The van der Waals surface area contributed by atoms with Crippen LogP contribution in [0.4, 0.5) is 0 Å². The van der Waals surface area contributed by atoms with Crippen molar-refractivity contribution in [2.45, 2.75) is 36.3 Å². The van der Waals surface area contributed by atoms with E-state index in [2.05, 4.69) is 45.7 Å². The lowest BCUT2D eigenvalue weighted by molar-refractivity contribution is 0.131. The van der Waals surface area contributed by atoms with Gasteiger partial charge in [-0.3, -0.25) is 0 Å². The van der Waals surface area contributed by atoms with Crippen molar-refractivity contribution in [3.63, 3.8) is 0 Å². The second-order valence-electron chi connectivity index (χ2n) is 2.75. The van der Waals surface area contributed by atoms with Gasteiger partial charge in [0.25, 0.3) is 0 Å². The highest BCUT2D eigenvalue weighted by Crippen LogP contribution is 2.05. The van der Waals surface area contributed by atoms with Crippen molar-refractivity contribution < 1.29 is 4.74 Å². The van der Waals surface area contributed by atoms with Gasteiger partial charge in [0.2, 0.25) is 0 Å². The molecule has 0 aromatic rings. The maximum Gasteiger partial charge on any atom is 0.0476 e. The number of alkyl halides is 2. The smallest absolute Gasteiger partial charge is 0.0476 e. The molecule has 0 rings (SSSR count). The Labute approximate surface area is 86.1 Å². The van der Waals surface area contributed by atoms with Crippen LogP contribution in [0.1, 0.15) is 26.7 Å². The van der Waals surface area contributed by atoms with Crippen LogP contribution < -0.4 is 0 Å². The molecule has 11 heavy (non-hydrogen) atoms. The largest absolute Gasteiger partial charge is 0.381 e. The quantitative estimate of drug-likeness (QED) is 0.538. The lowest BCUT2D eigenvalue weighted by Crippen LogP contribution is -2.04. The Hall–Kier alpha value is 0.920. The molecule has 0 aromatic heterocycles. The molecule has 0 aromatic carbocycles. The zero-order valence-corrected chi connectivity index (χ0v) is 10.3. The van der Waals surface area contributed by atoms with Gasteiger partial charge < -0.3 is 4.74 Å². The van der Waals surface area contributed by atoms with Crippen molar-refractivity contribution in [3.8, 4) is 0 Å². The third-order valence-corrected chi connectivity index (χ3v) is 2.24. The summed E-state index contributed by atoms with van der Waals surface area (Å²) in [6.07, 6.45) is 2.19. The minimum absolute atomic E-state index is 0.573. The number of hydrogen-bond acceptors (Lipinski definition) is 1. The highest BCUT2D eigenvalue weighted by Gasteiger charge is 1.97. The van der Waals surface area contributed by atoms with Gasteiger partial charge in [0.15, 0.2) is 0 Å². The summed E-state index contributed by atoms with van der Waals surface area (Å²) in [6.45, 7) is 6.01. The lowest BCUT2D eigenvalue weighted by Gasteiger charge is -2.06. The molecular weight excluding hydrogens is 272 g/mol. The second-order valence-corrected chi connectivity index (χ2v) is 5.88. The molecule has 0 saturated carbocycles. The predicted octanol–water partition coefficient (Wildman–Crippen LogP) is 3.35. The standard InChI is InChI=1S/C8H16Br2O/c1-7(9)3-5-11-6-4-8(2)10/h7-8H,3-6H2,1-2H3. The van der Waals surface area contributed by atoms with Gasteiger partial charge in [0, 0.05) is 22.9 Å². The Morgan fingerprint density at radius 1 is 1.00 bits per heavy atom. The van der Waals surface area contributed by atoms with Crippen molar-refractivity contribution in [2.24, 2.45) is 0 Å². The van der Waals surface area contributed by atoms with Gasteiger partial charge in [0.1, 0.15) is 0 Å². The molecular formula is C8H16Br2O. The topological polar surface area (TPSA) is 9.23 Å². The van der Waals surface area contributed by atoms with Crippen LogP contribution in [0.3, 0.4) is 0 Å². The normalized spacial score (nSPS) is 16.4. The van der Waals surface area contributed by atoms with Crippen molar-refractivity contribution in [3.05, 3.63) is 0 Å². The van der Waals surface area contributed by atoms with Crippen LogP contribution >= 0.6 is 31.9 Å². The average Bonchev–Trinajstić information content (AvgIpc) is 1.85. The molecule has 0 aliphatic rings. The van der Waals surface area contributed by atoms with E-state index in [1.54, 1.807) is 0 Å². The Morgan fingerprint density at radius 3 is 1.64 bits per heavy atom. The molecule has 68 valence electrons. The summed E-state index contributed by atoms with van der Waals surface area (Å²) in [5.74, 6) is 0. The van der Waals surface area contributed by atoms with Gasteiger partial charge in [-0.25, -0.2) is 0 Å². The molecule has 2 unspecified atom stereocenters. The molecule has 2 atom stereocenters. The van der Waals surface area contributed by atoms with E-state index in [9.17, 15) is 0 Å². The highest BCUT2D eigenvalue weighted by atomic mass is 79.9. The van der Waals surface area contributed by atoms with Gasteiger partial charge in [0.05, 0.1) is 0 Å². The highest BCUT2D eigenvalue weighted by molar-refractivity contribution is 9.09. The Balaban J connectivity index is 2.91. The molecule has 0 bridgehead atoms. The van der Waals surface area contributed by atoms with Gasteiger partial charge in [-0.05, 0) is 12.8 Å². The maximum absolute atomic E-state index is 5.40. The molecule has 0 fully saturated rings. The van der Waals surface area contributed by atoms with Gasteiger partial charge in [-0.1, -0.05) is 45.7 Å². The third-order valence-electron chi connectivity index (χ3n) is 1.32. The monoisotopic (exact) mass is 286 g/mol. The first-order chi connectivity index (χ1) is 5.13. The van der Waals surface area contributed by atoms with Crippen LogP contribution in [0.5, 0.6) is 0 Å². The minimum atomic E-state index is 0.573. The molecule has 0 aliphatic carbocycles. The molecule has 0 radical (unpaired) electrons. The summed E-state index contributed by atoms with van der Waals surface area (Å²) in [5.41, 5.74) is 0. The van der Waals surface area contributed by atoms with E-state index in [1.165, 1.54) is 0 Å². The summed E-state index contributed by atoms with van der Waals surface area (Å²) >= 11 is 6.93. The Bertz CT molecular complexity index is 74.2. The van der Waals surface area contributed by atoms with E-state index < -0.39 is 0 Å². The zero-order valence-electron chi connectivity index (χ0n) is 7.15. The molecule has 0 aliphatic heterocycles. The molecule has 3 heteroatoms. The lowest BCUT2D eigenvalue weighted by atomic mass is 10.3. The summed E-state index contributed by atoms with van der Waals surface area (Å²) in [7, 11) is 0. The van der Waals surface area contributed by atoms with E-state index in [-0.39, 0.29) is 0 Å². The number of ether oxygens (including phenoxy) is 1. The SMILES string of the molecule is CC(Br)CCOCCC(C)Br. The fraction of sp³-hybridized carbons (Fsp3) is 1.00. The number of rotatable bonds is 6. The Kier molecular flexibility index (Phi) is 8.20. The third kappa shape index (κ3) is 10.9. The molecule has 0 spiro atoms. The molecule has 0 amide bonds. The van der Waals surface area contributed by atoms with Crippen molar-refractivity contribution in [2.75, 3.05) is 13.2 Å². The van der Waals surface area contributed by atoms with Gasteiger partial charge in [-0.2, -0.15) is 0 Å². The van der Waals surface area contributed by atoms with Crippen LogP contribution in [0, 0.1) is 0 Å². The first kappa shape index (κ1) is 11.9. The van der Waals surface area contributed by atoms with Crippen molar-refractivity contribution in [1.29, 1.82) is 0 Å². The predicted molar refractivity (Wildman–Crippen MR) is 56.8 cm³/mol. The number of halogens is 2. The van der Waals surface area contributed by atoms with E-state index in [4.69, 9.17) is 4.74 Å².